The third-order valence-electron chi connectivity index (χ3n) is 4.65. The number of carbonyl (C=O) groups is 1. The van der Waals surface area contributed by atoms with Crippen molar-refractivity contribution in [1.82, 2.24) is 0 Å². The second-order valence-corrected chi connectivity index (χ2v) is 6.64. The first-order valence-corrected chi connectivity index (χ1v) is 9.64. The van der Waals surface area contributed by atoms with Crippen molar-refractivity contribution in [3.63, 3.8) is 0 Å². The summed E-state index contributed by atoms with van der Waals surface area (Å²) in [5.41, 5.74) is 0.291. The van der Waals surface area contributed by atoms with E-state index >= 15 is 0 Å². The predicted octanol–water partition coefficient (Wildman–Crippen LogP) is 6.77. The standard InChI is InChI=1S/C19H32O2.C2H6/c1-3-4-5-6-10-15-19(2)16-11-13-17(19)12-8-7-9-14-18(20)21;1-2/h10-11,13,15,17H,3-9,12,14,16H2,1-2H3,(H,20,21);1-2H3/b15-10-;. The number of allylic oxidation sites excluding steroid dienone is 4. The van der Waals surface area contributed by atoms with E-state index in [2.05, 4.69) is 38.2 Å². The summed E-state index contributed by atoms with van der Waals surface area (Å²) in [4.78, 5) is 10.5. The van der Waals surface area contributed by atoms with Crippen LogP contribution < -0.4 is 0 Å². The van der Waals surface area contributed by atoms with Crippen molar-refractivity contribution in [1.29, 1.82) is 0 Å². The highest BCUT2D eigenvalue weighted by molar-refractivity contribution is 5.66. The Bertz CT molecular complexity index is 357. The van der Waals surface area contributed by atoms with Crippen LogP contribution >= 0.6 is 0 Å². The maximum Gasteiger partial charge on any atom is 0.303 e. The molecule has 1 rings (SSSR count). The van der Waals surface area contributed by atoms with Crippen LogP contribution in [0.25, 0.3) is 0 Å². The molecule has 134 valence electrons. The lowest BCUT2D eigenvalue weighted by molar-refractivity contribution is -0.137. The van der Waals surface area contributed by atoms with Gasteiger partial charge in [0.25, 0.3) is 0 Å². The van der Waals surface area contributed by atoms with Gasteiger partial charge in [0.05, 0.1) is 0 Å². The Morgan fingerprint density at radius 3 is 2.61 bits per heavy atom. The Morgan fingerprint density at radius 2 is 1.96 bits per heavy atom. The molecule has 2 atom stereocenters. The fourth-order valence-electron chi connectivity index (χ4n) is 3.16. The van der Waals surface area contributed by atoms with Crippen molar-refractivity contribution in [2.75, 3.05) is 0 Å². The number of carboxylic acids is 1. The molecule has 23 heavy (non-hydrogen) atoms. The van der Waals surface area contributed by atoms with Crippen LogP contribution in [0.2, 0.25) is 0 Å². The fraction of sp³-hybridized carbons (Fsp3) is 0.762. The highest BCUT2D eigenvalue weighted by Crippen LogP contribution is 2.42. The number of aliphatic carboxylic acids is 1. The minimum Gasteiger partial charge on any atom is -0.481 e. The highest BCUT2D eigenvalue weighted by atomic mass is 16.4. The molecule has 0 heterocycles. The number of unbranched alkanes of at least 4 members (excludes halogenated alkanes) is 5. The third kappa shape index (κ3) is 9.63. The van der Waals surface area contributed by atoms with Crippen molar-refractivity contribution in [2.45, 2.75) is 91.9 Å². The quantitative estimate of drug-likeness (QED) is 0.337. The smallest absolute Gasteiger partial charge is 0.303 e. The Hall–Kier alpha value is -1.05. The molecular weight excluding hydrogens is 284 g/mol. The Balaban J connectivity index is 0.00000232. The van der Waals surface area contributed by atoms with Crippen LogP contribution in [0.15, 0.2) is 24.3 Å². The fourth-order valence-corrected chi connectivity index (χ4v) is 3.16. The van der Waals surface area contributed by atoms with Gasteiger partial charge < -0.3 is 5.11 Å². The first kappa shape index (κ1) is 21.9. The molecule has 0 aromatic rings. The van der Waals surface area contributed by atoms with Crippen LogP contribution in [0.3, 0.4) is 0 Å². The van der Waals surface area contributed by atoms with Crippen LogP contribution in [0.1, 0.15) is 91.9 Å². The van der Waals surface area contributed by atoms with Gasteiger partial charge in [-0.3, -0.25) is 4.79 Å². The zero-order valence-electron chi connectivity index (χ0n) is 15.8. The first-order chi connectivity index (χ1) is 11.1. The molecule has 0 amide bonds. The van der Waals surface area contributed by atoms with Gasteiger partial charge in [-0.1, -0.05) is 77.7 Å². The summed E-state index contributed by atoms with van der Waals surface area (Å²) in [5.74, 6) is -0.0413. The van der Waals surface area contributed by atoms with Crippen molar-refractivity contribution in [3.05, 3.63) is 24.3 Å². The lowest BCUT2D eigenvalue weighted by Gasteiger charge is -2.28. The monoisotopic (exact) mass is 322 g/mol. The average Bonchev–Trinajstić information content (AvgIpc) is 2.90. The highest BCUT2D eigenvalue weighted by Gasteiger charge is 2.31. The van der Waals surface area contributed by atoms with Crippen LogP contribution in [0, 0.1) is 11.3 Å². The number of hydrogen-bond acceptors (Lipinski definition) is 1. The largest absolute Gasteiger partial charge is 0.481 e. The van der Waals surface area contributed by atoms with E-state index in [9.17, 15) is 4.79 Å². The van der Waals surface area contributed by atoms with E-state index in [0.717, 1.165) is 25.7 Å². The number of rotatable bonds is 11. The number of hydrogen-bond donors (Lipinski definition) is 1. The van der Waals surface area contributed by atoms with E-state index in [-0.39, 0.29) is 0 Å². The molecule has 0 aliphatic heterocycles. The van der Waals surface area contributed by atoms with E-state index in [0.29, 0.717) is 17.8 Å². The summed E-state index contributed by atoms with van der Waals surface area (Å²) >= 11 is 0. The summed E-state index contributed by atoms with van der Waals surface area (Å²) in [7, 11) is 0. The minimum absolute atomic E-state index is 0.291. The molecule has 2 nitrogen and oxygen atoms in total. The van der Waals surface area contributed by atoms with Gasteiger partial charge in [0.1, 0.15) is 0 Å². The second kappa shape index (κ2) is 13.4. The van der Waals surface area contributed by atoms with Gasteiger partial charge in [0.2, 0.25) is 0 Å². The Morgan fingerprint density at radius 1 is 1.22 bits per heavy atom. The summed E-state index contributed by atoms with van der Waals surface area (Å²) in [6.07, 6.45) is 20.3. The Kier molecular flexibility index (Phi) is 12.8. The zero-order valence-corrected chi connectivity index (χ0v) is 15.8. The molecule has 0 saturated heterocycles. The SMILES string of the molecule is CC.CCCCC/C=C\C1(C)CC=CC1CCCCCC(=O)O. The Labute approximate surface area is 144 Å². The predicted molar refractivity (Wildman–Crippen MR) is 101 cm³/mol. The van der Waals surface area contributed by atoms with Gasteiger partial charge in [-0.25, -0.2) is 0 Å². The lowest BCUT2D eigenvalue weighted by atomic mass is 9.76. The summed E-state index contributed by atoms with van der Waals surface area (Å²) in [6, 6.07) is 0. The molecular formula is C21H38O2. The third-order valence-corrected chi connectivity index (χ3v) is 4.65. The molecule has 1 N–H and O–H groups in total. The van der Waals surface area contributed by atoms with Gasteiger partial charge in [0, 0.05) is 6.42 Å². The molecule has 0 bridgehead atoms. The van der Waals surface area contributed by atoms with E-state index in [1.807, 2.05) is 13.8 Å². The molecule has 0 aromatic heterocycles. The maximum absolute atomic E-state index is 10.5. The number of carboxylic acid groups (broad SMARTS) is 1. The first-order valence-electron chi connectivity index (χ1n) is 9.64. The van der Waals surface area contributed by atoms with E-state index in [1.165, 1.54) is 32.1 Å². The van der Waals surface area contributed by atoms with Crippen LogP contribution in [-0.4, -0.2) is 11.1 Å². The molecule has 2 unspecified atom stereocenters. The van der Waals surface area contributed by atoms with Crippen LogP contribution in [-0.2, 0) is 4.79 Å². The van der Waals surface area contributed by atoms with Gasteiger partial charge in [0.15, 0.2) is 0 Å². The molecule has 1 aliphatic rings. The van der Waals surface area contributed by atoms with Crippen LogP contribution in [0.5, 0.6) is 0 Å². The topological polar surface area (TPSA) is 37.3 Å². The molecule has 0 radical (unpaired) electrons. The van der Waals surface area contributed by atoms with Gasteiger partial charge in [-0.2, -0.15) is 0 Å². The molecule has 2 heteroatoms. The van der Waals surface area contributed by atoms with E-state index in [1.54, 1.807) is 0 Å². The molecule has 0 saturated carbocycles. The van der Waals surface area contributed by atoms with Crippen molar-refractivity contribution in [2.24, 2.45) is 11.3 Å². The minimum atomic E-state index is -0.671. The average molecular weight is 323 g/mol. The van der Waals surface area contributed by atoms with E-state index < -0.39 is 5.97 Å². The van der Waals surface area contributed by atoms with Crippen molar-refractivity contribution < 1.29 is 9.90 Å². The van der Waals surface area contributed by atoms with Crippen molar-refractivity contribution >= 4 is 5.97 Å². The molecule has 1 aliphatic carbocycles. The van der Waals surface area contributed by atoms with Crippen molar-refractivity contribution in [3.8, 4) is 0 Å². The normalized spacial score (nSPS) is 23.0. The zero-order chi connectivity index (χ0) is 17.6. The van der Waals surface area contributed by atoms with Crippen LogP contribution in [0.4, 0.5) is 0 Å². The molecule has 0 aromatic carbocycles. The maximum atomic E-state index is 10.5. The van der Waals surface area contributed by atoms with Gasteiger partial charge in [-0.05, 0) is 43.4 Å². The summed E-state index contributed by atoms with van der Waals surface area (Å²) in [5, 5.41) is 8.65. The van der Waals surface area contributed by atoms with Gasteiger partial charge >= 0.3 is 5.97 Å². The molecule has 0 spiro atoms. The summed E-state index contributed by atoms with van der Waals surface area (Å²) in [6.45, 7) is 8.61. The lowest BCUT2D eigenvalue weighted by Crippen LogP contribution is -2.19. The molecule has 0 fully saturated rings. The van der Waals surface area contributed by atoms with Gasteiger partial charge in [-0.15, -0.1) is 0 Å². The summed E-state index contributed by atoms with van der Waals surface area (Å²) < 4.78 is 0. The van der Waals surface area contributed by atoms with E-state index in [4.69, 9.17) is 5.11 Å². The second-order valence-electron chi connectivity index (χ2n) is 6.64.